The number of ether oxygens (including phenoxy) is 1. The molecule has 2 rings (SSSR count). The highest BCUT2D eigenvalue weighted by atomic mass is 32.1. The maximum atomic E-state index is 12.0. The van der Waals surface area contributed by atoms with Crippen molar-refractivity contribution in [2.24, 2.45) is 0 Å². The van der Waals surface area contributed by atoms with E-state index in [0.717, 1.165) is 5.56 Å². The zero-order valence-electron chi connectivity index (χ0n) is 16.3. The van der Waals surface area contributed by atoms with E-state index >= 15 is 0 Å². The van der Waals surface area contributed by atoms with Crippen molar-refractivity contribution in [3.05, 3.63) is 75.8 Å². The number of non-ortho nitro benzene ring substituents is 1. The Morgan fingerprint density at radius 3 is 2.29 bits per heavy atom. The SMILES string of the molecule is O=C(CCC(=O)OCCc1ccccc1)NC(=S)NNC(=O)c1ccc([N+](=O)[O-])cc1. The van der Waals surface area contributed by atoms with Crippen LogP contribution in [0.3, 0.4) is 0 Å². The van der Waals surface area contributed by atoms with Gasteiger partial charge in [0.2, 0.25) is 5.91 Å². The molecule has 0 saturated carbocycles. The van der Waals surface area contributed by atoms with Gasteiger partial charge in [-0.15, -0.1) is 0 Å². The van der Waals surface area contributed by atoms with Crippen molar-refractivity contribution in [1.29, 1.82) is 0 Å². The Morgan fingerprint density at radius 1 is 0.968 bits per heavy atom. The number of nitrogens with one attached hydrogen (secondary N) is 3. The van der Waals surface area contributed by atoms with E-state index in [9.17, 15) is 24.5 Å². The molecule has 0 unspecified atom stereocenters. The van der Waals surface area contributed by atoms with E-state index in [2.05, 4.69) is 16.2 Å². The van der Waals surface area contributed by atoms with E-state index in [4.69, 9.17) is 17.0 Å². The maximum Gasteiger partial charge on any atom is 0.306 e. The molecule has 0 aliphatic carbocycles. The summed E-state index contributed by atoms with van der Waals surface area (Å²) in [5.41, 5.74) is 5.65. The predicted octanol–water partition coefficient (Wildman–Crippen LogP) is 1.80. The van der Waals surface area contributed by atoms with Crippen LogP contribution in [0.5, 0.6) is 0 Å². The van der Waals surface area contributed by atoms with Gasteiger partial charge < -0.3 is 10.1 Å². The third-order valence-corrected chi connectivity index (χ3v) is 4.14. The number of benzene rings is 2. The molecule has 0 fully saturated rings. The number of hydrogen-bond donors (Lipinski definition) is 3. The number of amides is 2. The number of rotatable bonds is 8. The molecule has 0 aromatic heterocycles. The summed E-state index contributed by atoms with van der Waals surface area (Å²) in [6, 6.07) is 14.5. The number of nitrogens with zero attached hydrogens (tertiary/aromatic N) is 1. The van der Waals surface area contributed by atoms with E-state index in [-0.39, 0.29) is 35.8 Å². The second-order valence-corrected chi connectivity index (χ2v) is 6.62. The highest BCUT2D eigenvalue weighted by Crippen LogP contribution is 2.11. The quantitative estimate of drug-likeness (QED) is 0.242. The number of carbonyl (C=O) groups is 3. The number of thiocarbonyl (C=S) groups is 1. The summed E-state index contributed by atoms with van der Waals surface area (Å²) in [6.07, 6.45) is 0.335. The van der Waals surface area contributed by atoms with Gasteiger partial charge in [0.15, 0.2) is 5.11 Å². The van der Waals surface area contributed by atoms with Crippen LogP contribution in [0.15, 0.2) is 54.6 Å². The molecule has 3 N–H and O–H groups in total. The van der Waals surface area contributed by atoms with Crippen LogP contribution in [0.4, 0.5) is 5.69 Å². The van der Waals surface area contributed by atoms with E-state index in [1.165, 1.54) is 24.3 Å². The molecule has 10 nitrogen and oxygen atoms in total. The van der Waals surface area contributed by atoms with Crippen LogP contribution in [0.2, 0.25) is 0 Å². The normalized spacial score (nSPS) is 9.94. The number of nitro benzene ring substituents is 1. The lowest BCUT2D eigenvalue weighted by Crippen LogP contribution is -2.48. The van der Waals surface area contributed by atoms with Gasteiger partial charge in [-0.2, -0.15) is 0 Å². The molecular formula is C20H20N4O6S. The first-order valence-electron chi connectivity index (χ1n) is 9.19. The third kappa shape index (κ3) is 8.58. The van der Waals surface area contributed by atoms with Gasteiger partial charge in [-0.05, 0) is 29.9 Å². The van der Waals surface area contributed by atoms with Gasteiger partial charge in [0.05, 0.1) is 18.0 Å². The first-order valence-corrected chi connectivity index (χ1v) is 9.60. The van der Waals surface area contributed by atoms with Crippen molar-refractivity contribution in [3.63, 3.8) is 0 Å². The van der Waals surface area contributed by atoms with Crippen LogP contribution >= 0.6 is 12.2 Å². The predicted molar refractivity (Wildman–Crippen MR) is 115 cm³/mol. The summed E-state index contributed by atoms with van der Waals surface area (Å²) in [6.45, 7) is 0.221. The van der Waals surface area contributed by atoms with E-state index in [1.807, 2.05) is 30.3 Å². The summed E-state index contributed by atoms with van der Waals surface area (Å²) in [4.78, 5) is 45.5. The van der Waals surface area contributed by atoms with E-state index < -0.39 is 22.7 Å². The van der Waals surface area contributed by atoms with Crippen molar-refractivity contribution >= 4 is 40.8 Å². The third-order valence-electron chi connectivity index (χ3n) is 3.94. The molecule has 0 saturated heterocycles. The summed E-state index contributed by atoms with van der Waals surface area (Å²) in [5, 5.41) is 12.8. The first-order chi connectivity index (χ1) is 14.8. The Hall–Kier alpha value is -3.86. The fraction of sp³-hybridized carbons (Fsp3) is 0.200. The standard InChI is InChI=1S/C20H20N4O6S/c25-17(10-11-18(26)30-13-12-14-4-2-1-3-5-14)21-20(31)23-22-19(27)15-6-8-16(9-7-15)24(28)29/h1-9H,10-13H2,(H,22,27)(H2,21,23,25,31). The van der Waals surface area contributed by atoms with Gasteiger partial charge >= 0.3 is 5.97 Å². The van der Waals surface area contributed by atoms with Crippen LogP contribution in [0.25, 0.3) is 0 Å². The van der Waals surface area contributed by atoms with Crippen molar-refractivity contribution in [3.8, 4) is 0 Å². The maximum absolute atomic E-state index is 12.0. The Balaban J connectivity index is 1.62. The summed E-state index contributed by atoms with van der Waals surface area (Å²) in [5.74, 6) is -1.63. The van der Waals surface area contributed by atoms with E-state index in [0.29, 0.717) is 6.42 Å². The highest BCUT2D eigenvalue weighted by Gasteiger charge is 2.12. The van der Waals surface area contributed by atoms with Gasteiger partial charge in [-0.3, -0.25) is 35.3 Å². The molecule has 11 heteroatoms. The molecule has 2 aromatic carbocycles. The topological polar surface area (TPSA) is 140 Å². The fourth-order valence-electron chi connectivity index (χ4n) is 2.36. The summed E-state index contributed by atoms with van der Waals surface area (Å²) in [7, 11) is 0. The van der Waals surface area contributed by atoms with Crippen LogP contribution in [-0.4, -0.2) is 34.4 Å². The Morgan fingerprint density at radius 2 is 1.65 bits per heavy atom. The molecule has 31 heavy (non-hydrogen) atoms. The van der Waals surface area contributed by atoms with Crippen molar-refractivity contribution in [1.82, 2.24) is 16.2 Å². The summed E-state index contributed by atoms with van der Waals surface area (Å²) < 4.78 is 5.09. The minimum Gasteiger partial charge on any atom is -0.465 e. The van der Waals surface area contributed by atoms with Gasteiger partial charge in [0, 0.05) is 30.5 Å². The van der Waals surface area contributed by atoms with Gasteiger partial charge in [0.1, 0.15) is 0 Å². The number of nitro groups is 1. The smallest absolute Gasteiger partial charge is 0.306 e. The molecule has 0 spiro atoms. The van der Waals surface area contributed by atoms with Crippen LogP contribution in [0.1, 0.15) is 28.8 Å². The second kappa shape index (κ2) is 12.0. The van der Waals surface area contributed by atoms with Crippen molar-refractivity contribution in [2.45, 2.75) is 19.3 Å². The van der Waals surface area contributed by atoms with Crippen LogP contribution < -0.4 is 16.2 Å². The minimum absolute atomic E-state index is 0.113. The fourth-order valence-corrected chi connectivity index (χ4v) is 2.52. The molecule has 0 aliphatic heterocycles. The lowest BCUT2D eigenvalue weighted by atomic mass is 10.2. The Bertz CT molecular complexity index is 950. The first kappa shape index (κ1) is 23.4. The van der Waals surface area contributed by atoms with Crippen LogP contribution in [-0.2, 0) is 20.7 Å². The lowest BCUT2D eigenvalue weighted by molar-refractivity contribution is -0.384. The Labute approximate surface area is 183 Å². The zero-order valence-corrected chi connectivity index (χ0v) is 17.1. The van der Waals surface area contributed by atoms with Crippen molar-refractivity contribution in [2.75, 3.05) is 6.61 Å². The minimum atomic E-state index is -0.603. The molecule has 2 amide bonds. The second-order valence-electron chi connectivity index (χ2n) is 6.22. The average Bonchev–Trinajstić information content (AvgIpc) is 2.77. The van der Waals surface area contributed by atoms with Gasteiger partial charge in [-0.1, -0.05) is 30.3 Å². The number of hydrogen-bond acceptors (Lipinski definition) is 7. The largest absolute Gasteiger partial charge is 0.465 e. The number of hydrazine groups is 1. The van der Waals surface area contributed by atoms with Crippen LogP contribution in [0, 0.1) is 10.1 Å². The summed E-state index contributed by atoms with van der Waals surface area (Å²) >= 11 is 4.89. The van der Waals surface area contributed by atoms with E-state index in [1.54, 1.807) is 0 Å². The zero-order chi connectivity index (χ0) is 22.6. The molecule has 0 heterocycles. The molecule has 0 bridgehead atoms. The van der Waals surface area contributed by atoms with Gasteiger partial charge in [-0.25, -0.2) is 0 Å². The average molecular weight is 444 g/mol. The molecule has 0 aliphatic rings. The molecule has 0 atom stereocenters. The monoisotopic (exact) mass is 444 g/mol. The molecule has 2 aromatic rings. The lowest BCUT2D eigenvalue weighted by Gasteiger charge is -2.10. The highest BCUT2D eigenvalue weighted by molar-refractivity contribution is 7.80. The van der Waals surface area contributed by atoms with Crippen molar-refractivity contribution < 1.29 is 24.0 Å². The van der Waals surface area contributed by atoms with Gasteiger partial charge in [0.25, 0.3) is 11.6 Å². The number of carbonyl (C=O) groups excluding carboxylic acids is 3. The molecule has 162 valence electrons. The molecule has 0 radical (unpaired) electrons. The number of esters is 1. The Kier molecular flexibility index (Phi) is 9.05. The molecular weight excluding hydrogens is 424 g/mol.